The van der Waals surface area contributed by atoms with Crippen LogP contribution < -0.4 is 0 Å². The zero-order valence-corrected chi connectivity index (χ0v) is 17.0. The molecule has 0 aliphatic carbocycles. The van der Waals surface area contributed by atoms with Crippen LogP contribution in [-0.4, -0.2) is 38.2 Å². The van der Waals surface area contributed by atoms with E-state index in [-0.39, 0.29) is 26.2 Å². The van der Waals surface area contributed by atoms with Crippen molar-refractivity contribution in [2.45, 2.75) is 27.7 Å². The molecule has 0 aliphatic heterocycles. The van der Waals surface area contributed by atoms with E-state index in [1.165, 1.54) is 11.4 Å². The van der Waals surface area contributed by atoms with Gasteiger partial charge in [0, 0.05) is 0 Å². The first-order chi connectivity index (χ1) is 9.40. The summed E-state index contributed by atoms with van der Waals surface area (Å²) in [5.41, 5.74) is 4.57. The minimum absolute atomic E-state index is 0. The molecule has 0 aromatic carbocycles. The van der Waals surface area contributed by atoms with Crippen LogP contribution in [0.2, 0.25) is 0 Å². The van der Waals surface area contributed by atoms with E-state index >= 15 is 0 Å². The average Bonchev–Trinajstić information content (AvgIpc) is 2.90. The molecule has 2 N–H and O–H groups in total. The number of hydrogen-bond acceptors (Lipinski definition) is 0. The van der Waals surface area contributed by atoms with Crippen LogP contribution in [0.5, 0.6) is 0 Å². The van der Waals surface area contributed by atoms with Crippen molar-refractivity contribution in [3.63, 3.8) is 0 Å². The monoisotopic (exact) mass is 366 g/mol. The van der Waals surface area contributed by atoms with Crippen LogP contribution in [0.3, 0.4) is 0 Å². The molecule has 0 amide bonds. The van der Waals surface area contributed by atoms with E-state index in [9.17, 15) is 0 Å². The normalized spacial score (nSPS) is 8.00. The molecular formula is C16H28N4Zr. The second-order valence-corrected chi connectivity index (χ2v) is 4.34. The van der Waals surface area contributed by atoms with Crippen LogP contribution in [0.15, 0.2) is 12.1 Å². The van der Waals surface area contributed by atoms with Gasteiger partial charge in [-0.3, -0.25) is 0 Å². The van der Waals surface area contributed by atoms with Gasteiger partial charge in [-0.15, -0.1) is 11.4 Å². The van der Waals surface area contributed by atoms with Crippen LogP contribution >= 0.6 is 0 Å². The number of nitrogens with one attached hydrogen (secondary N) is 2. The summed E-state index contributed by atoms with van der Waals surface area (Å²) in [5, 5.41) is 7.00. The van der Waals surface area contributed by atoms with Crippen molar-refractivity contribution in [2.75, 3.05) is 28.2 Å². The average molecular weight is 368 g/mol. The fourth-order valence-electron chi connectivity index (χ4n) is 1.17. The van der Waals surface area contributed by atoms with Gasteiger partial charge in [0.1, 0.15) is 0 Å². The van der Waals surface area contributed by atoms with Crippen LogP contribution in [0.4, 0.5) is 0 Å². The van der Waals surface area contributed by atoms with Crippen LogP contribution in [0.1, 0.15) is 22.8 Å². The number of rotatable bonds is 0. The first-order valence-corrected chi connectivity index (χ1v) is 6.44. The molecule has 4 nitrogen and oxygen atoms in total. The summed E-state index contributed by atoms with van der Waals surface area (Å²) < 4.78 is 0. The predicted molar refractivity (Wildman–Crippen MR) is 88.6 cm³/mol. The molecule has 0 atom stereocenters. The maximum absolute atomic E-state index is 3.50. The Hall–Kier alpha value is -0.637. The van der Waals surface area contributed by atoms with Crippen LogP contribution in [-0.2, 0) is 26.2 Å². The van der Waals surface area contributed by atoms with Crippen molar-refractivity contribution in [3.05, 3.63) is 57.7 Å². The topological polar surface area (TPSA) is 59.8 Å². The molecule has 0 radical (unpaired) electrons. The summed E-state index contributed by atoms with van der Waals surface area (Å²) in [4.78, 5) is 6.17. The molecule has 0 aliphatic rings. The van der Waals surface area contributed by atoms with E-state index in [2.05, 4.69) is 32.7 Å². The van der Waals surface area contributed by atoms with Crippen molar-refractivity contribution < 1.29 is 26.2 Å². The Morgan fingerprint density at radius 1 is 0.714 bits per heavy atom. The third kappa shape index (κ3) is 19.4. The van der Waals surface area contributed by atoms with Crippen molar-refractivity contribution in [1.29, 1.82) is 0 Å². The van der Waals surface area contributed by atoms with Gasteiger partial charge in [0.2, 0.25) is 0 Å². The molecule has 0 unspecified atom stereocenters. The van der Waals surface area contributed by atoms with Crippen molar-refractivity contribution >= 4 is 0 Å². The molecule has 5 heteroatoms. The van der Waals surface area contributed by atoms with Crippen molar-refractivity contribution in [2.24, 2.45) is 0 Å². The largest absolute Gasteiger partial charge is 4.00 e. The second-order valence-electron chi connectivity index (χ2n) is 4.34. The van der Waals surface area contributed by atoms with E-state index in [0.29, 0.717) is 0 Å². The molecule has 21 heavy (non-hydrogen) atoms. The smallest absolute Gasteiger partial charge is 0.668 e. The Labute approximate surface area is 149 Å². The minimum atomic E-state index is 0. The maximum atomic E-state index is 3.50. The Bertz CT molecular complexity index is 348. The SMILES string of the molecule is C[N-]C.C[N-]C.Cc1[c-]cc(C)[nH]1.Cc1[c-]cc(C)[nH]1.[Zr+4]. The number of H-pyrrole nitrogens is 2. The molecule has 0 saturated heterocycles. The van der Waals surface area contributed by atoms with E-state index in [4.69, 9.17) is 0 Å². The maximum Gasteiger partial charge on any atom is 4.00 e. The first-order valence-electron chi connectivity index (χ1n) is 6.44. The molecule has 2 rings (SSSR count). The number of aryl methyl sites for hydroxylation is 4. The van der Waals surface area contributed by atoms with Crippen LogP contribution in [0.25, 0.3) is 10.6 Å². The summed E-state index contributed by atoms with van der Waals surface area (Å²) >= 11 is 0. The van der Waals surface area contributed by atoms with Gasteiger partial charge in [-0.25, -0.2) is 24.3 Å². The van der Waals surface area contributed by atoms with Gasteiger partial charge in [-0.2, -0.15) is 28.2 Å². The number of nitrogens with zero attached hydrogens (tertiary/aromatic N) is 2. The molecule has 0 spiro atoms. The predicted octanol–water partition coefficient (Wildman–Crippen LogP) is 4.10. The Kier molecular flexibility index (Phi) is 21.0. The molecule has 2 aromatic heterocycles. The molecule has 0 saturated carbocycles. The Balaban J connectivity index is -0.000000220. The summed E-state index contributed by atoms with van der Waals surface area (Å²) in [6.45, 7) is 8.02. The van der Waals surface area contributed by atoms with Crippen molar-refractivity contribution in [1.82, 2.24) is 9.97 Å². The zero-order valence-electron chi connectivity index (χ0n) is 14.5. The summed E-state index contributed by atoms with van der Waals surface area (Å²) in [7, 11) is 7.00. The van der Waals surface area contributed by atoms with Crippen LogP contribution in [0, 0.1) is 39.8 Å². The Morgan fingerprint density at radius 2 is 0.952 bits per heavy atom. The van der Waals surface area contributed by atoms with Gasteiger partial charge in [0.15, 0.2) is 0 Å². The summed E-state index contributed by atoms with van der Waals surface area (Å²) in [5.74, 6) is 0. The Morgan fingerprint density at radius 3 is 1.00 bits per heavy atom. The first kappa shape index (κ1) is 25.3. The third-order valence-electron chi connectivity index (χ3n) is 1.78. The molecule has 116 valence electrons. The molecular weight excluding hydrogens is 339 g/mol. The van der Waals surface area contributed by atoms with Crippen molar-refractivity contribution in [3.8, 4) is 0 Å². The molecule has 0 fully saturated rings. The number of aromatic nitrogens is 2. The van der Waals surface area contributed by atoms with Gasteiger partial charge in [-0.05, 0) is 13.8 Å². The standard InChI is InChI=1S/2C6H8N.2C2H6N.Zr/c2*1-5-3-4-6(2)7-5;2*1-3-2;/h2*3,7H,1-2H3;2*1-2H3;/q4*-1;+4. The molecule has 0 bridgehead atoms. The molecule has 2 aromatic rings. The van der Waals surface area contributed by atoms with E-state index < -0.39 is 0 Å². The van der Waals surface area contributed by atoms with Gasteiger partial charge in [-0.1, -0.05) is 25.2 Å². The zero-order chi connectivity index (χ0) is 16.0. The van der Waals surface area contributed by atoms with E-state index in [1.807, 2.05) is 39.8 Å². The second kappa shape index (κ2) is 17.4. The fourth-order valence-corrected chi connectivity index (χ4v) is 1.17. The third-order valence-corrected chi connectivity index (χ3v) is 1.78. The number of aromatic amines is 2. The number of hydrogen-bond donors (Lipinski definition) is 2. The van der Waals surface area contributed by atoms with Gasteiger partial charge >= 0.3 is 26.2 Å². The summed E-state index contributed by atoms with van der Waals surface area (Å²) in [6, 6.07) is 9.91. The quantitative estimate of drug-likeness (QED) is 0.659. The minimum Gasteiger partial charge on any atom is -0.668 e. The van der Waals surface area contributed by atoms with Gasteiger partial charge in [0.05, 0.1) is 0 Å². The van der Waals surface area contributed by atoms with Gasteiger partial charge < -0.3 is 20.6 Å². The van der Waals surface area contributed by atoms with E-state index in [0.717, 1.165) is 11.4 Å². The molecule has 2 heterocycles. The van der Waals surface area contributed by atoms with E-state index in [1.54, 1.807) is 28.2 Å². The van der Waals surface area contributed by atoms with Gasteiger partial charge in [0.25, 0.3) is 0 Å². The summed E-state index contributed by atoms with van der Waals surface area (Å²) in [6.07, 6.45) is 0. The fraction of sp³-hybridized carbons (Fsp3) is 0.500.